The number of hydrogen-bond acceptors (Lipinski definition) is 12. The zero-order valence-corrected chi connectivity index (χ0v) is 32.3. The zero-order chi connectivity index (χ0) is 41.1. The smallest absolute Gasteiger partial charge is 0.348 e. The normalized spacial score (nSPS) is 13.6. The van der Waals surface area contributed by atoms with E-state index in [-0.39, 0.29) is 22.5 Å². The minimum absolute atomic E-state index is 0.143. The van der Waals surface area contributed by atoms with E-state index in [4.69, 9.17) is 17.7 Å². The molecule has 4 aromatic carbocycles. The summed E-state index contributed by atoms with van der Waals surface area (Å²) in [4.78, 5) is 55.6. The van der Waals surface area contributed by atoms with Crippen molar-refractivity contribution in [2.75, 3.05) is 33.6 Å². The Bertz CT molecular complexity index is 3260. The van der Waals surface area contributed by atoms with Crippen LogP contribution in [0.2, 0.25) is 0 Å². The number of carboxylic acid groups (broad SMARTS) is 2. The fourth-order valence-corrected chi connectivity index (χ4v) is 8.40. The van der Waals surface area contributed by atoms with Crippen molar-refractivity contribution in [3.8, 4) is 22.3 Å². The first kappa shape index (κ1) is 35.9. The number of carboxylic acids is 2. The average Bonchev–Trinajstić information content (AvgIpc) is 3.77. The minimum Gasteiger partial charge on any atom is -0.480 e. The van der Waals surface area contributed by atoms with E-state index in [0.717, 1.165) is 33.6 Å². The first-order valence-electron chi connectivity index (χ1n) is 19.0. The molecule has 0 atom stereocenters. The van der Waals surface area contributed by atoms with Crippen LogP contribution in [-0.4, -0.2) is 40.9 Å². The third kappa shape index (κ3) is 5.69. The van der Waals surface area contributed by atoms with E-state index in [1.165, 1.54) is 13.8 Å². The monoisotopic (exact) mass is 792 g/mol. The molecule has 10 rings (SSSR count). The van der Waals surface area contributed by atoms with Crippen LogP contribution in [0.5, 0.6) is 0 Å². The van der Waals surface area contributed by atoms with Gasteiger partial charge in [-0.05, 0) is 98.5 Å². The Hall–Kier alpha value is -7.48. The minimum atomic E-state index is -1.44. The Morgan fingerprint density at radius 1 is 0.678 bits per heavy atom. The number of rotatable bonds is 8. The van der Waals surface area contributed by atoms with E-state index in [0.29, 0.717) is 75.1 Å². The highest BCUT2D eigenvalue weighted by molar-refractivity contribution is 6.11. The fourth-order valence-electron chi connectivity index (χ4n) is 8.40. The summed E-state index contributed by atoms with van der Waals surface area (Å²) < 4.78 is 24.1. The SMILES string of the molecule is Cc1ccc2oc(=O)c3c(-c4ccc5c(c4)CN4CN5Cc5cc(-c6c(NC(C)(C)C(=O)O)oc7c6c(=O)oc6ccc(C)cc67)ccc54)c(NCC(=O)O)oc3c2c1. The van der Waals surface area contributed by atoms with Crippen LogP contribution in [-0.2, 0) is 22.7 Å². The lowest BCUT2D eigenvalue weighted by molar-refractivity contribution is -0.141. The predicted molar refractivity (Wildman–Crippen MR) is 224 cm³/mol. The lowest BCUT2D eigenvalue weighted by atomic mass is 9.94. The third-order valence-electron chi connectivity index (χ3n) is 11.2. The van der Waals surface area contributed by atoms with Crippen molar-refractivity contribution in [2.45, 2.75) is 46.3 Å². The summed E-state index contributed by atoms with van der Waals surface area (Å²) in [5.41, 5.74) is 6.62. The summed E-state index contributed by atoms with van der Waals surface area (Å²) in [6.45, 7) is 8.10. The summed E-state index contributed by atoms with van der Waals surface area (Å²) in [6, 6.07) is 22.6. The lowest BCUT2D eigenvalue weighted by Crippen LogP contribution is -2.46. The molecular weight excluding hydrogens is 757 g/mol. The summed E-state index contributed by atoms with van der Waals surface area (Å²) in [7, 11) is 0. The van der Waals surface area contributed by atoms with Gasteiger partial charge in [0.05, 0.1) is 28.6 Å². The van der Waals surface area contributed by atoms with Gasteiger partial charge in [0.25, 0.3) is 0 Å². The van der Waals surface area contributed by atoms with Crippen molar-refractivity contribution in [1.29, 1.82) is 0 Å². The van der Waals surface area contributed by atoms with Crippen molar-refractivity contribution in [2.24, 2.45) is 0 Å². The van der Waals surface area contributed by atoms with Crippen LogP contribution in [0, 0.1) is 13.8 Å². The van der Waals surface area contributed by atoms with E-state index in [2.05, 4.69) is 20.4 Å². The number of anilines is 4. The average molecular weight is 793 g/mol. The van der Waals surface area contributed by atoms with Crippen LogP contribution in [0.15, 0.2) is 100 Å². The maximum atomic E-state index is 13.7. The molecule has 8 aromatic rings. The van der Waals surface area contributed by atoms with Gasteiger partial charge in [-0.1, -0.05) is 35.4 Å². The largest absolute Gasteiger partial charge is 0.480 e. The second-order valence-electron chi connectivity index (χ2n) is 15.8. The van der Waals surface area contributed by atoms with Crippen molar-refractivity contribution >= 4 is 79.0 Å². The molecule has 59 heavy (non-hydrogen) atoms. The summed E-state index contributed by atoms with van der Waals surface area (Å²) in [5.74, 6) is -1.89. The second kappa shape index (κ2) is 12.8. The highest BCUT2D eigenvalue weighted by Crippen LogP contribution is 2.46. The van der Waals surface area contributed by atoms with Crippen LogP contribution >= 0.6 is 0 Å². The maximum absolute atomic E-state index is 13.7. The zero-order valence-electron chi connectivity index (χ0n) is 32.3. The molecule has 2 bridgehead atoms. The number of nitrogens with one attached hydrogen (secondary N) is 2. The Labute approximate surface area is 333 Å². The molecule has 0 amide bonds. The molecular formula is C45H36N4O10. The molecule has 4 N–H and O–H groups in total. The number of fused-ring (bicyclic) bond motifs is 12. The number of benzene rings is 4. The second-order valence-corrected chi connectivity index (χ2v) is 15.8. The van der Waals surface area contributed by atoms with Gasteiger partial charge in [0.15, 0.2) is 11.2 Å². The number of furan rings is 2. The van der Waals surface area contributed by atoms with Crippen LogP contribution in [0.4, 0.5) is 23.1 Å². The number of hydrogen-bond donors (Lipinski definition) is 4. The van der Waals surface area contributed by atoms with E-state index in [1.807, 2.05) is 74.5 Å². The molecule has 14 heteroatoms. The highest BCUT2D eigenvalue weighted by atomic mass is 16.4. The third-order valence-corrected chi connectivity index (χ3v) is 11.2. The molecule has 0 spiro atoms. The number of nitrogens with zero attached hydrogens (tertiary/aromatic N) is 2. The quantitative estimate of drug-likeness (QED) is 0.107. The van der Waals surface area contributed by atoms with Gasteiger partial charge in [0.1, 0.15) is 34.0 Å². The predicted octanol–water partition coefficient (Wildman–Crippen LogP) is 8.41. The van der Waals surface area contributed by atoms with Crippen LogP contribution in [0.25, 0.3) is 66.1 Å². The molecule has 0 saturated heterocycles. The first-order chi connectivity index (χ1) is 28.2. The Morgan fingerprint density at radius 3 is 1.66 bits per heavy atom. The Kier molecular flexibility index (Phi) is 7.77. The molecule has 0 radical (unpaired) electrons. The first-order valence-corrected chi connectivity index (χ1v) is 19.0. The van der Waals surface area contributed by atoms with Gasteiger partial charge >= 0.3 is 23.2 Å². The maximum Gasteiger partial charge on any atom is 0.348 e. The van der Waals surface area contributed by atoms with Gasteiger partial charge < -0.3 is 48.3 Å². The van der Waals surface area contributed by atoms with E-state index in [1.54, 1.807) is 12.1 Å². The van der Waals surface area contributed by atoms with E-state index < -0.39 is 35.3 Å². The molecule has 0 fully saturated rings. The Morgan fingerprint density at radius 2 is 1.17 bits per heavy atom. The summed E-state index contributed by atoms with van der Waals surface area (Å²) >= 11 is 0. The van der Waals surface area contributed by atoms with Gasteiger partial charge in [-0.25, -0.2) is 14.4 Å². The molecule has 6 heterocycles. The molecule has 0 aliphatic carbocycles. The molecule has 2 aliphatic rings. The van der Waals surface area contributed by atoms with Crippen molar-refractivity contribution in [1.82, 2.24) is 0 Å². The van der Waals surface area contributed by atoms with Gasteiger partial charge in [0, 0.05) is 24.5 Å². The van der Waals surface area contributed by atoms with Crippen molar-refractivity contribution in [3.63, 3.8) is 0 Å². The van der Waals surface area contributed by atoms with Crippen LogP contribution in [0.3, 0.4) is 0 Å². The molecule has 0 saturated carbocycles. The number of aryl methyl sites for hydroxylation is 2. The molecule has 2 aliphatic heterocycles. The molecule has 0 unspecified atom stereocenters. The van der Waals surface area contributed by atoms with Crippen molar-refractivity contribution < 1.29 is 37.5 Å². The number of aliphatic carboxylic acids is 2. The van der Waals surface area contributed by atoms with E-state index >= 15 is 0 Å². The topological polar surface area (TPSA) is 192 Å². The van der Waals surface area contributed by atoms with Gasteiger partial charge in [-0.15, -0.1) is 0 Å². The van der Waals surface area contributed by atoms with Gasteiger partial charge in [-0.2, -0.15) is 0 Å². The van der Waals surface area contributed by atoms with Crippen LogP contribution < -0.4 is 31.7 Å². The fraction of sp³-hybridized carbons (Fsp3) is 0.200. The van der Waals surface area contributed by atoms with Crippen LogP contribution in [0.1, 0.15) is 36.1 Å². The summed E-state index contributed by atoms with van der Waals surface area (Å²) in [5, 5.41) is 27.1. The molecule has 14 nitrogen and oxygen atoms in total. The molecule has 4 aromatic heterocycles. The van der Waals surface area contributed by atoms with E-state index in [9.17, 15) is 29.4 Å². The van der Waals surface area contributed by atoms with Gasteiger partial charge in [-0.3, -0.25) is 4.79 Å². The van der Waals surface area contributed by atoms with Crippen molar-refractivity contribution in [3.05, 3.63) is 116 Å². The van der Waals surface area contributed by atoms with Gasteiger partial charge in [0.2, 0.25) is 11.8 Å². The summed E-state index contributed by atoms with van der Waals surface area (Å²) in [6.07, 6.45) is 0. The lowest BCUT2D eigenvalue weighted by Gasteiger charge is -2.45. The Balaban J connectivity index is 1.07. The standard InChI is InChI=1S/C45H36N4O10/c1-21-5-11-31-27(13-21)38-36(42(52)56-31)34(40(58-38)46-17-33(50)51)23-7-9-29-25(15-23)18-48-20-49(29)19-26-16-24(8-10-30(26)48)35-37-39(59-41(35)47-45(3,4)44(54)55)28-14-22(2)6-12-32(28)57-43(37)53/h5-16,46-47H,17-20H2,1-4H3,(H,50,51)(H,54,55). The molecule has 296 valence electrons. The number of carbonyl (C=O) groups is 2. The highest BCUT2D eigenvalue weighted by Gasteiger charge is 2.34.